The van der Waals surface area contributed by atoms with Gasteiger partial charge >= 0.3 is 0 Å². The van der Waals surface area contributed by atoms with Crippen LogP contribution >= 0.6 is 0 Å². The summed E-state index contributed by atoms with van der Waals surface area (Å²) in [5.41, 5.74) is 0.344. The number of ether oxygens (including phenoxy) is 6. The van der Waals surface area contributed by atoms with Crippen molar-refractivity contribution in [1.29, 1.82) is 0 Å². The zero-order chi connectivity index (χ0) is 82.4. The van der Waals surface area contributed by atoms with E-state index in [4.69, 9.17) is 28.4 Å². The fourth-order valence-corrected chi connectivity index (χ4v) is 17.3. The van der Waals surface area contributed by atoms with Gasteiger partial charge in [-0.2, -0.15) is 0 Å². The summed E-state index contributed by atoms with van der Waals surface area (Å²) in [6, 6.07) is 0. The zero-order valence-corrected chi connectivity index (χ0v) is 79.8. The minimum Gasteiger partial charge on any atom is -0.382 e. The van der Waals surface area contributed by atoms with Crippen LogP contribution in [0.4, 0.5) is 0 Å². The molecule has 0 aromatic rings. The van der Waals surface area contributed by atoms with E-state index in [1.54, 1.807) is 7.11 Å². The lowest BCUT2D eigenvalue weighted by Crippen LogP contribution is -2.40. The summed E-state index contributed by atoms with van der Waals surface area (Å²) < 4.78 is 35.5. The first-order valence-corrected chi connectivity index (χ1v) is 46.3. The molecule has 636 valence electrons. The van der Waals surface area contributed by atoms with Crippen LogP contribution in [0.2, 0.25) is 0 Å². The van der Waals surface area contributed by atoms with Gasteiger partial charge in [0.1, 0.15) is 0 Å². The Labute approximate surface area is 673 Å². The quantitative estimate of drug-likeness (QED) is 0.113. The zero-order valence-electron chi connectivity index (χ0n) is 79.8. The molecule has 9 aliphatic rings. The van der Waals surface area contributed by atoms with Crippen LogP contribution in [0, 0.1) is 154 Å². The molecule has 16 atom stereocenters. The Morgan fingerprint density at radius 3 is 0.794 bits per heavy atom. The first kappa shape index (κ1) is 104. The van der Waals surface area contributed by atoms with Gasteiger partial charge in [0, 0.05) is 7.11 Å². The molecule has 4 aliphatic carbocycles. The van der Waals surface area contributed by atoms with Crippen LogP contribution < -0.4 is 0 Å². The SMILES string of the molecule is CC(C)C1CCC(C(C)C)CC1.CC(C)[C@@H]1C=C[C@H](C(C)C)C1.CC(C)[C@@H]1C=C[C@H](C(C)C)CC1.CC(C)[C@@H]1C=C[C@H](C(C)C)O1.CC(C)[C@@H]1CC[C@H](C(C)C)C1.CC(C)[C@@H]1CC[C@H](C(C)C)O1.CC(C)[C@@H]1CC[C@](C)(C(C)C)O1.CC(C)[C@@]1(C)CC[C@@](C)(C(C)C)O1.COC[C@]1(C(C)C)CC[C@@H](C(C)C)O1. The van der Waals surface area contributed by atoms with Gasteiger partial charge in [-0.25, -0.2) is 0 Å². The third-order valence-electron chi connectivity index (χ3n) is 28.6. The van der Waals surface area contributed by atoms with Crippen LogP contribution in [0.25, 0.3) is 0 Å². The Bertz CT molecular complexity index is 2140. The van der Waals surface area contributed by atoms with E-state index in [9.17, 15) is 0 Å². The molecule has 5 heterocycles. The standard InChI is InChI=1S/C12H24O2.C12H24O.C12H24.C12H22.C11H22O.C11H22.C11H20.C10H20O.C10H18O/c1-9(2)11-6-7-12(14-11,8-13-5)10(3)4;1-9(2)11(5)7-8-12(6,13-11)10(3)4;2*1-9(2)11-5-7-12(8-6-11)10(3)4;1-8(2)10-6-7-11(5,12-10)9(3)4;2*1-8(2)10-5-6-11(7-10)9(3)4;2*1-7(2)9-5-6-10(11-9)8(3)4/h9-11H,6-8H2,1-5H3;9-10H,7-8H2,1-6H3;9-12H,5-8H2,1-4H3;5,7,9-12H,6,8H2,1-4H3;8-10H,6-7H2,1-5H3;8-11H,5-7H2,1-4H3;5-6,8-11H,7H2,1-4H3;7-10H,5-6H2,1-4H3;5-10H,1-4H3/t11-,12-;11-,12+;;11-,12+;3*10-,11+;2*9-,10+/m0...0..../s1. The van der Waals surface area contributed by atoms with Crippen molar-refractivity contribution >= 4 is 0 Å². The topological polar surface area (TPSA) is 55.4 Å². The average molecular weight is 1510 g/mol. The van der Waals surface area contributed by atoms with Gasteiger partial charge in [0.15, 0.2) is 0 Å². The predicted molar refractivity (Wildman–Crippen MR) is 474 cm³/mol. The minimum absolute atomic E-state index is 0.0241. The van der Waals surface area contributed by atoms with Crippen molar-refractivity contribution in [2.75, 3.05) is 13.7 Å². The summed E-state index contributed by atoms with van der Waals surface area (Å²) in [7, 11) is 1.76. The van der Waals surface area contributed by atoms with E-state index in [1.165, 1.54) is 109 Å². The van der Waals surface area contributed by atoms with E-state index in [0.717, 1.165) is 108 Å². The highest BCUT2D eigenvalue weighted by molar-refractivity contribution is 5.05. The molecule has 6 fully saturated rings. The highest BCUT2D eigenvalue weighted by Gasteiger charge is 2.47. The summed E-state index contributed by atoms with van der Waals surface area (Å²) in [6.07, 6.45) is 41.1. The van der Waals surface area contributed by atoms with Crippen LogP contribution in [-0.4, -0.2) is 72.7 Å². The number of hydrogen-bond donors (Lipinski definition) is 0. The third-order valence-corrected chi connectivity index (χ3v) is 28.6. The lowest BCUT2D eigenvalue weighted by molar-refractivity contribution is -0.127. The van der Waals surface area contributed by atoms with Crippen molar-refractivity contribution < 1.29 is 28.4 Å². The van der Waals surface area contributed by atoms with Crippen LogP contribution in [-0.2, 0) is 28.4 Å². The van der Waals surface area contributed by atoms with Gasteiger partial charge in [0.2, 0.25) is 0 Å². The number of methoxy groups -OCH3 is 1. The van der Waals surface area contributed by atoms with Crippen LogP contribution in [0.3, 0.4) is 0 Å². The number of hydrogen-bond acceptors (Lipinski definition) is 6. The van der Waals surface area contributed by atoms with Crippen molar-refractivity contribution in [3.63, 3.8) is 0 Å². The molecule has 0 aromatic heterocycles. The molecule has 4 saturated heterocycles. The molecule has 0 unspecified atom stereocenters. The Kier molecular flexibility index (Phi) is 49.0. The van der Waals surface area contributed by atoms with Gasteiger partial charge in [-0.15, -0.1) is 0 Å². The maximum absolute atomic E-state index is 6.26. The van der Waals surface area contributed by atoms with E-state index in [2.05, 4.69) is 306 Å². The number of allylic oxidation sites excluding steroid dienone is 4. The van der Waals surface area contributed by atoms with Crippen molar-refractivity contribution in [1.82, 2.24) is 0 Å². The van der Waals surface area contributed by atoms with Gasteiger partial charge in [0.05, 0.1) is 65.6 Å². The molecule has 0 N–H and O–H groups in total. The average Bonchev–Trinajstić information content (AvgIpc) is 1.65. The first-order valence-electron chi connectivity index (χ1n) is 46.3. The maximum atomic E-state index is 6.26. The summed E-state index contributed by atoms with van der Waals surface area (Å²) in [5, 5.41) is 0. The molecule has 0 spiro atoms. The van der Waals surface area contributed by atoms with E-state index in [1.807, 2.05) is 0 Å². The molecule has 107 heavy (non-hydrogen) atoms. The summed E-state index contributed by atoms with van der Waals surface area (Å²) in [6.45, 7) is 89.7. The Morgan fingerprint density at radius 2 is 0.589 bits per heavy atom. The highest BCUT2D eigenvalue weighted by Crippen LogP contribution is 2.47. The molecule has 0 radical (unpaired) electrons. The van der Waals surface area contributed by atoms with Crippen molar-refractivity contribution in [2.24, 2.45) is 154 Å². The lowest BCUT2D eigenvalue weighted by Gasteiger charge is -2.35. The molecule has 9 rings (SSSR count). The second-order valence-corrected chi connectivity index (χ2v) is 42.9. The summed E-state index contributed by atoms with van der Waals surface area (Å²) in [5.74, 6) is 20.8. The molecule has 6 heteroatoms. The normalized spacial score (nSPS) is 33.3. The molecule has 0 bridgehead atoms. The molecule has 0 amide bonds. The molecular formula is C101H196O6. The summed E-state index contributed by atoms with van der Waals surface area (Å²) in [4.78, 5) is 0. The van der Waals surface area contributed by atoms with Crippen molar-refractivity contribution in [3.8, 4) is 0 Å². The van der Waals surface area contributed by atoms with Gasteiger partial charge in [-0.3, -0.25) is 0 Å². The largest absolute Gasteiger partial charge is 0.382 e. The van der Waals surface area contributed by atoms with E-state index in [-0.39, 0.29) is 22.4 Å². The lowest BCUT2D eigenvalue weighted by atomic mass is 9.73. The fraction of sp³-hybridized carbons (Fsp3) is 0.941. The first-order chi connectivity index (χ1) is 49.4. The van der Waals surface area contributed by atoms with Crippen LogP contribution in [0.15, 0.2) is 36.5 Å². The second-order valence-electron chi connectivity index (χ2n) is 42.9. The van der Waals surface area contributed by atoms with E-state index >= 15 is 0 Å². The second kappa shape index (κ2) is 50.5. The molecule has 5 aliphatic heterocycles. The summed E-state index contributed by atoms with van der Waals surface area (Å²) >= 11 is 0. The molecule has 2 saturated carbocycles. The molecule has 6 nitrogen and oxygen atoms in total. The van der Waals surface area contributed by atoms with Gasteiger partial charge < -0.3 is 28.4 Å². The predicted octanol–water partition coefficient (Wildman–Crippen LogP) is 30.4. The minimum atomic E-state index is -0.0241. The smallest absolute Gasteiger partial charge is 0.0942 e. The van der Waals surface area contributed by atoms with E-state index < -0.39 is 0 Å². The van der Waals surface area contributed by atoms with Gasteiger partial charge in [-0.05, 0) is 290 Å². The monoisotopic (exact) mass is 1510 g/mol. The fourth-order valence-electron chi connectivity index (χ4n) is 17.3. The third kappa shape index (κ3) is 36.8. The Hall–Kier alpha value is -1.02. The van der Waals surface area contributed by atoms with Crippen LogP contribution in [0.5, 0.6) is 0 Å². The van der Waals surface area contributed by atoms with Crippen molar-refractivity contribution in [2.45, 2.75) is 445 Å². The highest BCUT2D eigenvalue weighted by atomic mass is 16.6. The maximum Gasteiger partial charge on any atom is 0.0942 e. The van der Waals surface area contributed by atoms with Crippen molar-refractivity contribution in [3.05, 3.63) is 36.5 Å². The molecular weight excluding hydrogens is 1310 g/mol. The van der Waals surface area contributed by atoms with Gasteiger partial charge in [-0.1, -0.05) is 286 Å². The van der Waals surface area contributed by atoms with Gasteiger partial charge in [0.25, 0.3) is 0 Å². The van der Waals surface area contributed by atoms with Crippen LogP contribution in [0.1, 0.15) is 386 Å². The Balaban J connectivity index is 0.000000602. The molecule has 0 aromatic carbocycles. The Morgan fingerprint density at radius 1 is 0.271 bits per heavy atom. The van der Waals surface area contributed by atoms with E-state index in [0.29, 0.717) is 95.8 Å². The number of rotatable bonds is 20.